The molecule has 1 atom stereocenters. The first-order valence-electron chi connectivity index (χ1n) is 8.24. The zero-order valence-corrected chi connectivity index (χ0v) is 17.4. The van der Waals surface area contributed by atoms with Gasteiger partial charge in [-0.15, -0.1) is 0 Å². The van der Waals surface area contributed by atoms with E-state index in [1.54, 1.807) is 0 Å². The molecule has 0 amide bonds. The molecule has 0 aliphatic carbocycles. The number of hydrogen-bond acceptors (Lipinski definition) is 4. The zero-order chi connectivity index (χ0) is 15.9. The van der Waals surface area contributed by atoms with Crippen LogP contribution in [0.25, 0.3) is 0 Å². The van der Waals surface area contributed by atoms with Crippen molar-refractivity contribution in [2.75, 3.05) is 6.54 Å². The molecule has 0 radical (unpaired) electrons. The Labute approximate surface area is 177 Å². The maximum absolute atomic E-state index is 10.8. The first kappa shape index (κ1) is 24.8. The Morgan fingerprint density at radius 1 is 0.955 bits per heavy atom. The SMILES string of the molecule is CCCCCCCCCCCCNC(CC(=O)[O-])C(=O)O.[K+]. The Morgan fingerprint density at radius 3 is 1.82 bits per heavy atom. The number of aliphatic carboxylic acids is 2. The number of carboxylic acids is 2. The number of hydrogen-bond donors (Lipinski definition) is 2. The van der Waals surface area contributed by atoms with Gasteiger partial charge in [0.25, 0.3) is 0 Å². The fourth-order valence-electron chi connectivity index (χ4n) is 2.30. The Balaban J connectivity index is 0. The van der Waals surface area contributed by atoms with E-state index in [4.69, 9.17) is 5.11 Å². The van der Waals surface area contributed by atoms with Crippen molar-refractivity contribution in [2.24, 2.45) is 0 Å². The van der Waals surface area contributed by atoms with Gasteiger partial charge in [-0.05, 0) is 13.0 Å². The maximum atomic E-state index is 10.8. The van der Waals surface area contributed by atoms with Gasteiger partial charge in [0.15, 0.2) is 0 Å². The van der Waals surface area contributed by atoms with Crippen LogP contribution in [0.15, 0.2) is 0 Å². The number of carbonyl (C=O) groups is 2. The second-order valence-corrected chi connectivity index (χ2v) is 5.60. The van der Waals surface area contributed by atoms with E-state index in [0.29, 0.717) is 6.54 Å². The molecule has 22 heavy (non-hydrogen) atoms. The van der Waals surface area contributed by atoms with E-state index >= 15 is 0 Å². The summed E-state index contributed by atoms with van der Waals surface area (Å²) in [4.78, 5) is 21.2. The van der Waals surface area contributed by atoms with Crippen molar-refractivity contribution in [1.29, 1.82) is 0 Å². The minimum Gasteiger partial charge on any atom is -0.550 e. The van der Waals surface area contributed by atoms with Gasteiger partial charge in [0.1, 0.15) is 6.04 Å². The van der Waals surface area contributed by atoms with Crippen molar-refractivity contribution in [2.45, 2.75) is 83.6 Å². The summed E-state index contributed by atoms with van der Waals surface area (Å²) in [7, 11) is 0. The summed E-state index contributed by atoms with van der Waals surface area (Å²) in [5, 5.41) is 22.0. The Bertz CT molecular complexity index is 287. The predicted molar refractivity (Wildman–Crippen MR) is 80.9 cm³/mol. The molecule has 0 heterocycles. The number of carbonyl (C=O) groups excluding carboxylic acids is 1. The molecule has 0 aromatic carbocycles. The largest absolute Gasteiger partial charge is 1.00 e. The number of unbranched alkanes of at least 4 members (excludes halogenated alkanes) is 9. The van der Waals surface area contributed by atoms with Gasteiger partial charge >= 0.3 is 57.4 Å². The zero-order valence-electron chi connectivity index (χ0n) is 14.2. The van der Waals surface area contributed by atoms with Crippen molar-refractivity contribution < 1.29 is 71.2 Å². The third-order valence-electron chi connectivity index (χ3n) is 3.59. The van der Waals surface area contributed by atoms with E-state index < -0.39 is 24.4 Å². The van der Waals surface area contributed by atoms with E-state index in [9.17, 15) is 14.7 Å². The smallest absolute Gasteiger partial charge is 0.550 e. The van der Waals surface area contributed by atoms with E-state index in [-0.39, 0.29) is 51.4 Å². The fraction of sp³-hybridized carbons (Fsp3) is 0.875. The van der Waals surface area contributed by atoms with E-state index in [2.05, 4.69) is 12.2 Å². The normalized spacial score (nSPS) is 11.7. The maximum Gasteiger partial charge on any atom is 1.00 e. The Kier molecular flexibility index (Phi) is 20.1. The minimum absolute atomic E-state index is 0. The molecule has 124 valence electrons. The van der Waals surface area contributed by atoms with Crippen LogP contribution in [0.2, 0.25) is 0 Å². The van der Waals surface area contributed by atoms with Crippen LogP contribution in [0, 0.1) is 0 Å². The third-order valence-corrected chi connectivity index (χ3v) is 3.59. The molecule has 0 aromatic rings. The first-order valence-corrected chi connectivity index (χ1v) is 8.24. The monoisotopic (exact) mass is 339 g/mol. The Hall–Kier alpha value is 0.536. The van der Waals surface area contributed by atoms with Gasteiger partial charge in [-0.1, -0.05) is 64.7 Å². The summed E-state index contributed by atoms with van der Waals surface area (Å²) in [6.45, 7) is 2.76. The van der Waals surface area contributed by atoms with Crippen LogP contribution in [0.4, 0.5) is 0 Å². The molecular weight excluding hydrogens is 309 g/mol. The molecule has 2 N–H and O–H groups in total. The summed E-state index contributed by atoms with van der Waals surface area (Å²) in [6, 6.07) is -1.03. The number of rotatable bonds is 15. The van der Waals surface area contributed by atoms with Gasteiger partial charge in [0, 0.05) is 12.4 Å². The molecule has 0 rings (SSSR count). The molecule has 0 bridgehead atoms. The van der Waals surface area contributed by atoms with Crippen molar-refractivity contribution in [1.82, 2.24) is 5.32 Å². The summed E-state index contributed by atoms with van der Waals surface area (Å²) in [5.41, 5.74) is 0. The number of carboxylic acid groups (broad SMARTS) is 2. The summed E-state index contributed by atoms with van der Waals surface area (Å²) in [6.07, 6.45) is 11.7. The quantitative estimate of drug-likeness (QED) is 0.298. The van der Waals surface area contributed by atoms with E-state index in [0.717, 1.165) is 19.3 Å². The standard InChI is InChI=1S/C16H31NO4.K/c1-2-3-4-5-6-7-8-9-10-11-12-17-14(16(20)21)13-15(18)19;/h14,17H,2-13H2,1H3,(H,18,19)(H,20,21);/q;+1/p-1. The summed E-state index contributed by atoms with van der Waals surface area (Å²) < 4.78 is 0. The molecular formula is C16H30KNO4. The first-order chi connectivity index (χ1) is 10.1. The van der Waals surface area contributed by atoms with Crippen molar-refractivity contribution in [3.8, 4) is 0 Å². The van der Waals surface area contributed by atoms with Crippen LogP contribution in [-0.2, 0) is 9.59 Å². The van der Waals surface area contributed by atoms with Crippen LogP contribution in [0.3, 0.4) is 0 Å². The third kappa shape index (κ3) is 16.9. The second-order valence-electron chi connectivity index (χ2n) is 5.60. The van der Waals surface area contributed by atoms with Crippen LogP contribution < -0.4 is 61.8 Å². The average molecular weight is 340 g/mol. The van der Waals surface area contributed by atoms with E-state index in [1.807, 2.05) is 0 Å². The second kappa shape index (κ2) is 17.9. The van der Waals surface area contributed by atoms with Gasteiger partial charge in [-0.25, -0.2) is 0 Å². The van der Waals surface area contributed by atoms with Gasteiger partial charge in [0.2, 0.25) is 0 Å². The summed E-state index contributed by atoms with van der Waals surface area (Å²) >= 11 is 0. The van der Waals surface area contributed by atoms with Gasteiger partial charge in [0.05, 0.1) is 0 Å². The summed E-state index contributed by atoms with van der Waals surface area (Å²) in [5.74, 6) is -2.47. The van der Waals surface area contributed by atoms with Crippen molar-refractivity contribution >= 4 is 11.9 Å². The molecule has 0 saturated heterocycles. The molecule has 0 saturated carbocycles. The molecule has 0 spiro atoms. The minimum atomic E-state index is -1.34. The van der Waals surface area contributed by atoms with E-state index in [1.165, 1.54) is 44.9 Å². The molecule has 0 aliphatic heterocycles. The molecule has 5 nitrogen and oxygen atoms in total. The van der Waals surface area contributed by atoms with Crippen LogP contribution in [0.1, 0.15) is 77.6 Å². The molecule has 0 aromatic heterocycles. The van der Waals surface area contributed by atoms with Gasteiger partial charge < -0.3 is 20.3 Å². The average Bonchev–Trinajstić information content (AvgIpc) is 2.42. The fourth-order valence-corrected chi connectivity index (χ4v) is 2.30. The van der Waals surface area contributed by atoms with Gasteiger partial charge in [-0.2, -0.15) is 0 Å². The Morgan fingerprint density at radius 2 is 1.41 bits per heavy atom. The van der Waals surface area contributed by atoms with Crippen LogP contribution in [-0.4, -0.2) is 29.6 Å². The van der Waals surface area contributed by atoms with Crippen molar-refractivity contribution in [3.05, 3.63) is 0 Å². The predicted octanol–water partition coefficient (Wildman–Crippen LogP) is -0.906. The molecule has 6 heteroatoms. The topological polar surface area (TPSA) is 89.5 Å². The van der Waals surface area contributed by atoms with Crippen molar-refractivity contribution in [3.63, 3.8) is 0 Å². The van der Waals surface area contributed by atoms with Crippen LogP contribution in [0.5, 0.6) is 0 Å². The van der Waals surface area contributed by atoms with Gasteiger partial charge in [-0.3, -0.25) is 4.79 Å². The van der Waals surface area contributed by atoms with Crippen LogP contribution >= 0.6 is 0 Å². The molecule has 0 fully saturated rings. The molecule has 0 aliphatic rings. The number of nitrogens with one attached hydrogen (secondary N) is 1. The molecule has 1 unspecified atom stereocenters.